The van der Waals surface area contributed by atoms with E-state index in [9.17, 15) is 8.78 Å². The van der Waals surface area contributed by atoms with Gasteiger partial charge in [-0.15, -0.1) is 0 Å². The summed E-state index contributed by atoms with van der Waals surface area (Å²) in [6.45, 7) is 2.65. The molecular weight excluding hydrogens is 190 g/mol. The summed E-state index contributed by atoms with van der Waals surface area (Å²) in [6.07, 6.45) is -1.42. The molecule has 0 aliphatic heterocycles. The fraction of sp³-hybridized carbons (Fsp3) is 0.222. The number of alkyl halides is 2. The van der Waals surface area contributed by atoms with Crippen molar-refractivity contribution in [1.29, 1.82) is 0 Å². The summed E-state index contributed by atoms with van der Waals surface area (Å²) in [5.41, 5.74) is 5.85. The molecular formula is C9H10F2N2O. The number of nitrogens with two attached hydrogens (primary N) is 1. The molecule has 0 spiro atoms. The van der Waals surface area contributed by atoms with Gasteiger partial charge in [-0.05, 0) is 6.07 Å². The van der Waals surface area contributed by atoms with Gasteiger partial charge >= 0.3 is 6.11 Å². The molecule has 1 aromatic rings. The van der Waals surface area contributed by atoms with Gasteiger partial charge in [-0.1, -0.05) is 12.6 Å². The topological polar surface area (TPSA) is 48.1 Å². The van der Waals surface area contributed by atoms with Crippen LogP contribution in [-0.2, 0) is 11.3 Å². The summed E-state index contributed by atoms with van der Waals surface area (Å²) in [4.78, 5) is 3.73. The molecule has 0 fully saturated rings. The monoisotopic (exact) mass is 200 g/mol. The molecule has 0 aliphatic rings. The molecule has 0 aliphatic carbocycles. The summed E-state index contributed by atoms with van der Waals surface area (Å²) in [6, 6.07) is 3.17. The summed E-state index contributed by atoms with van der Waals surface area (Å²) in [5, 5.41) is 0. The lowest BCUT2D eigenvalue weighted by molar-refractivity contribution is -0.207. The molecule has 5 heteroatoms. The quantitative estimate of drug-likeness (QED) is 0.756. The predicted molar refractivity (Wildman–Crippen MR) is 48.6 cm³/mol. The van der Waals surface area contributed by atoms with Gasteiger partial charge in [0.15, 0.2) is 0 Å². The van der Waals surface area contributed by atoms with Crippen LogP contribution in [0, 0.1) is 0 Å². The van der Waals surface area contributed by atoms with Gasteiger partial charge in [-0.3, -0.25) is 0 Å². The maximum atomic E-state index is 12.6. The highest BCUT2D eigenvalue weighted by atomic mass is 19.3. The van der Waals surface area contributed by atoms with Gasteiger partial charge in [0.25, 0.3) is 0 Å². The molecule has 76 valence electrons. The maximum Gasteiger partial charge on any atom is 0.376 e. The summed E-state index contributed by atoms with van der Waals surface area (Å²) >= 11 is 0. The Labute approximate surface area is 80.2 Å². The maximum absolute atomic E-state index is 12.6. The van der Waals surface area contributed by atoms with Gasteiger partial charge < -0.3 is 10.5 Å². The number of nitrogens with zero attached hydrogens (tertiary/aromatic N) is 1. The van der Waals surface area contributed by atoms with E-state index in [2.05, 4.69) is 16.3 Å². The fourth-order valence-electron chi connectivity index (χ4n) is 0.806. The van der Waals surface area contributed by atoms with Crippen LogP contribution >= 0.6 is 0 Å². The Morgan fingerprint density at radius 2 is 2.36 bits per heavy atom. The van der Waals surface area contributed by atoms with E-state index in [1.54, 1.807) is 12.1 Å². The average molecular weight is 200 g/mol. The second kappa shape index (κ2) is 4.15. The Hall–Kier alpha value is -1.49. The molecule has 1 aromatic heterocycles. The van der Waals surface area contributed by atoms with Crippen molar-refractivity contribution >= 4 is 5.82 Å². The molecule has 1 heterocycles. The highest BCUT2D eigenvalue weighted by Gasteiger charge is 2.24. The fourth-order valence-corrected chi connectivity index (χ4v) is 0.806. The van der Waals surface area contributed by atoms with Crippen LogP contribution in [-0.4, -0.2) is 11.1 Å². The normalized spacial score (nSPS) is 11.3. The Bertz CT molecular complexity index is 328. The minimum atomic E-state index is -3.33. The van der Waals surface area contributed by atoms with Gasteiger partial charge in [0, 0.05) is 17.8 Å². The van der Waals surface area contributed by atoms with Crippen LogP contribution in [0.25, 0.3) is 0 Å². The first-order valence-corrected chi connectivity index (χ1v) is 3.90. The van der Waals surface area contributed by atoms with E-state index in [0.29, 0.717) is 11.6 Å². The third kappa shape index (κ3) is 2.77. The molecule has 0 bridgehead atoms. The van der Waals surface area contributed by atoms with Crippen molar-refractivity contribution in [1.82, 2.24) is 4.98 Å². The number of pyridine rings is 1. The van der Waals surface area contributed by atoms with E-state index in [0.717, 1.165) is 0 Å². The number of hydrogen-bond acceptors (Lipinski definition) is 3. The molecule has 0 saturated heterocycles. The molecule has 14 heavy (non-hydrogen) atoms. The lowest BCUT2D eigenvalue weighted by Gasteiger charge is -2.12. The van der Waals surface area contributed by atoms with Crippen LogP contribution in [0.2, 0.25) is 0 Å². The largest absolute Gasteiger partial charge is 0.383 e. The third-order valence-electron chi connectivity index (χ3n) is 1.58. The Morgan fingerprint density at radius 1 is 1.64 bits per heavy atom. The van der Waals surface area contributed by atoms with Gasteiger partial charge in [0.05, 0.1) is 6.61 Å². The molecule has 3 nitrogen and oxygen atoms in total. The number of halogens is 2. The number of anilines is 1. The Morgan fingerprint density at radius 3 is 2.93 bits per heavy atom. The Balaban J connectivity index is 2.62. The first-order chi connectivity index (χ1) is 6.55. The van der Waals surface area contributed by atoms with Crippen LogP contribution in [0.15, 0.2) is 31.0 Å². The van der Waals surface area contributed by atoms with E-state index in [1.165, 1.54) is 6.20 Å². The zero-order valence-electron chi connectivity index (χ0n) is 7.41. The van der Waals surface area contributed by atoms with Crippen molar-refractivity contribution in [2.45, 2.75) is 12.7 Å². The zero-order chi connectivity index (χ0) is 10.6. The highest BCUT2D eigenvalue weighted by molar-refractivity contribution is 5.37. The number of hydrogen-bond donors (Lipinski definition) is 1. The van der Waals surface area contributed by atoms with Gasteiger partial charge in [0.2, 0.25) is 0 Å². The third-order valence-corrected chi connectivity index (χ3v) is 1.58. The molecule has 0 saturated carbocycles. The van der Waals surface area contributed by atoms with Crippen molar-refractivity contribution in [3.05, 3.63) is 36.5 Å². The molecule has 1 rings (SSSR count). The standard InChI is InChI=1S/C9H10F2N2O/c1-2-9(10,11)14-6-7-4-3-5-13-8(7)12/h2-5H,1,6H2,(H2,12,13). The minimum Gasteiger partial charge on any atom is -0.383 e. The number of ether oxygens (including phenoxy) is 1. The van der Waals surface area contributed by atoms with E-state index in [1.807, 2.05) is 0 Å². The number of rotatable bonds is 4. The lowest BCUT2D eigenvalue weighted by Crippen LogP contribution is -2.17. The molecule has 0 amide bonds. The molecule has 2 N–H and O–H groups in total. The molecule has 0 aromatic carbocycles. The Kier molecular flexibility index (Phi) is 3.14. The first-order valence-electron chi connectivity index (χ1n) is 3.90. The van der Waals surface area contributed by atoms with Crippen molar-refractivity contribution in [3.63, 3.8) is 0 Å². The predicted octanol–water partition coefficient (Wildman–Crippen LogP) is 1.96. The summed E-state index contributed by atoms with van der Waals surface area (Å²) in [7, 11) is 0. The second-order valence-electron chi connectivity index (χ2n) is 2.60. The number of nitrogen functional groups attached to an aromatic ring is 1. The zero-order valence-corrected chi connectivity index (χ0v) is 7.41. The number of aromatic nitrogens is 1. The van der Waals surface area contributed by atoms with Crippen LogP contribution in [0.3, 0.4) is 0 Å². The second-order valence-corrected chi connectivity index (χ2v) is 2.60. The summed E-state index contributed by atoms with van der Waals surface area (Å²) in [5.74, 6) is 0.187. The van der Waals surface area contributed by atoms with Crippen LogP contribution in [0.4, 0.5) is 14.6 Å². The highest BCUT2D eigenvalue weighted by Crippen LogP contribution is 2.19. The average Bonchev–Trinajstić information content (AvgIpc) is 2.17. The van der Waals surface area contributed by atoms with Crippen molar-refractivity contribution in [2.24, 2.45) is 0 Å². The molecule has 0 unspecified atom stereocenters. The summed E-state index contributed by atoms with van der Waals surface area (Å²) < 4.78 is 29.4. The van der Waals surface area contributed by atoms with Crippen LogP contribution < -0.4 is 5.73 Å². The SMILES string of the molecule is C=CC(F)(F)OCc1cccnc1N. The van der Waals surface area contributed by atoms with Gasteiger partial charge in [0.1, 0.15) is 5.82 Å². The molecule has 0 atom stereocenters. The smallest absolute Gasteiger partial charge is 0.376 e. The van der Waals surface area contributed by atoms with E-state index in [-0.39, 0.29) is 12.4 Å². The van der Waals surface area contributed by atoms with Gasteiger partial charge in [-0.2, -0.15) is 8.78 Å². The van der Waals surface area contributed by atoms with E-state index in [4.69, 9.17) is 5.73 Å². The molecule has 0 radical (unpaired) electrons. The van der Waals surface area contributed by atoms with Gasteiger partial charge in [-0.25, -0.2) is 4.98 Å². The minimum absolute atomic E-state index is 0.187. The van der Waals surface area contributed by atoms with Crippen molar-refractivity contribution in [3.8, 4) is 0 Å². The van der Waals surface area contributed by atoms with Crippen LogP contribution in [0.5, 0.6) is 0 Å². The first kappa shape index (κ1) is 10.6. The van der Waals surface area contributed by atoms with E-state index < -0.39 is 6.11 Å². The van der Waals surface area contributed by atoms with Crippen molar-refractivity contribution < 1.29 is 13.5 Å². The van der Waals surface area contributed by atoms with Crippen LogP contribution in [0.1, 0.15) is 5.56 Å². The van der Waals surface area contributed by atoms with Crippen molar-refractivity contribution in [2.75, 3.05) is 5.73 Å². The van der Waals surface area contributed by atoms with E-state index >= 15 is 0 Å². The lowest BCUT2D eigenvalue weighted by atomic mass is 10.3.